The van der Waals surface area contributed by atoms with Gasteiger partial charge in [0.25, 0.3) is 0 Å². The smallest absolute Gasteiger partial charge is 0.375 e. The van der Waals surface area contributed by atoms with Crippen LogP contribution in [0.25, 0.3) is 11.5 Å². The number of rotatable bonds is 5. The van der Waals surface area contributed by atoms with Crippen LogP contribution in [0.15, 0.2) is 49.4 Å². The minimum Gasteiger partial charge on any atom is -0.375 e. The van der Waals surface area contributed by atoms with Crippen molar-refractivity contribution in [2.75, 3.05) is 0 Å². The van der Waals surface area contributed by atoms with Gasteiger partial charge < -0.3 is 5.32 Å². The summed E-state index contributed by atoms with van der Waals surface area (Å²) in [6.45, 7) is 7.57. The molecule has 1 atom stereocenters. The lowest BCUT2D eigenvalue weighted by Gasteiger charge is -2.18. The lowest BCUT2D eigenvalue weighted by Crippen LogP contribution is -2.21. The van der Waals surface area contributed by atoms with E-state index in [4.69, 9.17) is 11.6 Å². The molecule has 2 heterocycles. The molecule has 0 saturated heterocycles. The van der Waals surface area contributed by atoms with E-state index < -0.39 is 17.8 Å². The van der Waals surface area contributed by atoms with Crippen molar-refractivity contribution in [1.82, 2.24) is 25.1 Å². The molecule has 9 heteroatoms. The molecule has 0 aliphatic rings. The van der Waals surface area contributed by atoms with Gasteiger partial charge in [0.2, 0.25) is 0 Å². The molecular formula is C19H17ClF3N5. The highest BCUT2D eigenvalue weighted by Gasteiger charge is 2.31. The molecular weight excluding hydrogens is 391 g/mol. The molecule has 0 radical (unpaired) electrons. The molecule has 28 heavy (non-hydrogen) atoms. The van der Waals surface area contributed by atoms with Crippen LogP contribution in [0.2, 0.25) is 5.02 Å². The number of benzene rings is 1. The molecule has 2 aromatic heterocycles. The van der Waals surface area contributed by atoms with Crippen LogP contribution in [0, 0.1) is 6.92 Å². The summed E-state index contributed by atoms with van der Waals surface area (Å²) in [7, 11) is 0. The third-order valence-electron chi connectivity index (χ3n) is 4.04. The molecule has 0 spiro atoms. The second kappa shape index (κ2) is 7.63. The molecule has 0 amide bonds. The highest BCUT2D eigenvalue weighted by Crippen LogP contribution is 2.33. The maximum atomic E-state index is 13.0. The molecule has 1 unspecified atom stereocenters. The van der Waals surface area contributed by atoms with Crippen LogP contribution in [0.5, 0.6) is 0 Å². The zero-order chi connectivity index (χ0) is 20.5. The van der Waals surface area contributed by atoms with Gasteiger partial charge in [0, 0.05) is 16.9 Å². The van der Waals surface area contributed by atoms with Gasteiger partial charge in [-0.2, -0.15) is 23.0 Å². The van der Waals surface area contributed by atoms with Crippen LogP contribution < -0.4 is 5.32 Å². The summed E-state index contributed by atoms with van der Waals surface area (Å²) in [5.74, 6) is 1.12. The standard InChI is InChI=1S/C19H17ClF3N5/c1-11-4-5-17(24-9-11)28-18(25-10-26-28)13(3)27-12(2)14-6-15(19(21,22)23)8-16(20)7-14/h4-10,13,27H,2H2,1,3H3. The molecule has 3 rings (SSSR count). The highest BCUT2D eigenvalue weighted by molar-refractivity contribution is 6.30. The van der Waals surface area contributed by atoms with Gasteiger partial charge in [-0.05, 0) is 49.2 Å². The van der Waals surface area contributed by atoms with Crippen LogP contribution >= 0.6 is 11.6 Å². The van der Waals surface area contributed by atoms with Gasteiger partial charge in [-0.1, -0.05) is 24.2 Å². The van der Waals surface area contributed by atoms with Gasteiger partial charge in [-0.3, -0.25) is 0 Å². The fourth-order valence-electron chi connectivity index (χ4n) is 2.64. The first-order chi connectivity index (χ1) is 13.1. The molecule has 0 bridgehead atoms. The second-order valence-electron chi connectivity index (χ2n) is 6.29. The fourth-order valence-corrected chi connectivity index (χ4v) is 2.88. The van der Waals surface area contributed by atoms with E-state index in [1.54, 1.807) is 17.8 Å². The van der Waals surface area contributed by atoms with Crippen molar-refractivity contribution in [3.63, 3.8) is 0 Å². The fraction of sp³-hybridized carbons (Fsp3) is 0.211. The van der Waals surface area contributed by atoms with E-state index >= 15 is 0 Å². The molecule has 1 aromatic carbocycles. The topological polar surface area (TPSA) is 55.6 Å². The van der Waals surface area contributed by atoms with E-state index in [0.717, 1.165) is 17.7 Å². The normalized spacial score (nSPS) is 12.6. The zero-order valence-corrected chi connectivity index (χ0v) is 15.9. The molecule has 5 nitrogen and oxygen atoms in total. The number of halogens is 4. The molecule has 0 fully saturated rings. The molecule has 0 aliphatic carbocycles. The number of hydrogen-bond acceptors (Lipinski definition) is 4. The Kier molecular flexibility index (Phi) is 5.42. The average molecular weight is 408 g/mol. The van der Waals surface area contributed by atoms with E-state index in [1.165, 1.54) is 12.4 Å². The summed E-state index contributed by atoms with van der Waals surface area (Å²) >= 11 is 5.85. The third kappa shape index (κ3) is 4.33. The van der Waals surface area contributed by atoms with E-state index in [2.05, 4.69) is 27.0 Å². The Labute approximate surface area is 164 Å². The van der Waals surface area contributed by atoms with Crippen LogP contribution in [-0.2, 0) is 6.18 Å². The van der Waals surface area contributed by atoms with Gasteiger partial charge >= 0.3 is 6.18 Å². The zero-order valence-electron chi connectivity index (χ0n) is 15.1. The van der Waals surface area contributed by atoms with Gasteiger partial charge in [0.1, 0.15) is 6.33 Å². The van der Waals surface area contributed by atoms with Crippen LogP contribution in [0.4, 0.5) is 13.2 Å². The van der Waals surface area contributed by atoms with Gasteiger partial charge in [0.05, 0.1) is 11.6 Å². The van der Waals surface area contributed by atoms with Crippen LogP contribution in [0.3, 0.4) is 0 Å². The number of alkyl halides is 3. The molecule has 0 aliphatic heterocycles. The molecule has 146 valence electrons. The van der Waals surface area contributed by atoms with Gasteiger partial charge in [-0.25, -0.2) is 9.97 Å². The largest absolute Gasteiger partial charge is 0.416 e. The summed E-state index contributed by atoms with van der Waals surface area (Å²) < 4.78 is 40.6. The second-order valence-corrected chi connectivity index (χ2v) is 6.73. The number of nitrogens with zero attached hydrogens (tertiary/aromatic N) is 4. The summed E-state index contributed by atoms with van der Waals surface area (Å²) in [4.78, 5) is 8.56. The van der Waals surface area contributed by atoms with Gasteiger partial charge in [-0.15, -0.1) is 0 Å². The predicted octanol–water partition coefficient (Wildman–Crippen LogP) is 4.96. The van der Waals surface area contributed by atoms with E-state index in [-0.39, 0.29) is 16.3 Å². The monoisotopic (exact) mass is 407 g/mol. The number of aromatic nitrogens is 4. The summed E-state index contributed by atoms with van der Waals surface area (Å²) in [6.07, 6.45) is -1.40. The third-order valence-corrected chi connectivity index (χ3v) is 4.26. The summed E-state index contributed by atoms with van der Waals surface area (Å²) in [5, 5.41) is 7.21. The van der Waals surface area contributed by atoms with Crippen molar-refractivity contribution < 1.29 is 13.2 Å². The first-order valence-electron chi connectivity index (χ1n) is 8.31. The van der Waals surface area contributed by atoms with Crippen molar-refractivity contribution in [2.45, 2.75) is 26.1 Å². The van der Waals surface area contributed by atoms with E-state index in [1.807, 2.05) is 19.1 Å². The average Bonchev–Trinajstić information content (AvgIpc) is 3.11. The number of pyridine rings is 1. The Morgan fingerprint density at radius 2 is 1.96 bits per heavy atom. The Morgan fingerprint density at radius 1 is 1.21 bits per heavy atom. The van der Waals surface area contributed by atoms with Crippen molar-refractivity contribution in [3.05, 3.63) is 77.0 Å². The van der Waals surface area contributed by atoms with E-state index in [9.17, 15) is 13.2 Å². The van der Waals surface area contributed by atoms with E-state index in [0.29, 0.717) is 11.6 Å². The number of aryl methyl sites for hydroxylation is 1. The Hall–Kier alpha value is -2.87. The summed E-state index contributed by atoms with van der Waals surface area (Å²) in [5.41, 5.74) is 0.696. The maximum absolute atomic E-state index is 13.0. The first kappa shape index (κ1) is 19.9. The van der Waals surface area contributed by atoms with Crippen molar-refractivity contribution in [3.8, 4) is 5.82 Å². The molecule has 3 aromatic rings. The lowest BCUT2D eigenvalue weighted by atomic mass is 10.1. The van der Waals surface area contributed by atoms with Crippen molar-refractivity contribution >= 4 is 17.3 Å². The Morgan fingerprint density at radius 3 is 2.61 bits per heavy atom. The van der Waals surface area contributed by atoms with Crippen molar-refractivity contribution in [1.29, 1.82) is 0 Å². The minimum atomic E-state index is -4.50. The number of hydrogen-bond donors (Lipinski definition) is 1. The predicted molar refractivity (Wildman–Crippen MR) is 101 cm³/mol. The summed E-state index contributed by atoms with van der Waals surface area (Å²) in [6, 6.07) is 6.61. The van der Waals surface area contributed by atoms with Crippen molar-refractivity contribution in [2.24, 2.45) is 0 Å². The van der Waals surface area contributed by atoms with Gasteiger partial charge in [0.15, 0.2) is 11.6 Å². The Bertz CT molecular complexity index is 996. The van der Waals surface area contributed by atoms with Crippen LogP contribution in [0.1, 0.15) is 35.5 Å². The first-order valence-corrected chi connectivity index (χ1v) is 8.69. The maximum Gasteiger partial charge on any atom is 0.416 e. The van der Waals surface area contributed by atoms with Crippen LogP contribution in [-0.4, -0.2) is 19.7 Å². The lowest BCUT2D eigenvalue weighted by molar-refractivity contribution is -0.137. The Balaban J connectivity index is 1.84. The molecule has 1 N–H and O–H groups in total. The number of nitrogens with one attached hydrogen (secondary N) is 1. The SMILES string of the molecule is C=C(NC(C)c1ncnn1-c1ccc(C)cn1)c1cc(Cl)cc(C(F)(F)F)c1. The molecule has 0 saturated carbocycles. The minimum absolute atomic E-state index is 0.0209. The highest BCUT2D eigenvalue weighted by atomic mass is 35.5. The quantitative estimate of drug-likeness (QED) is 0.649.